The van der Waals surface area contributed by atoms with Crippen molar-refractivity contribution in [2.75, 3.05) is 7.11 Å². The van der Waals surface area contributed by atoms with Gasteiger partial charge in [-0.05, 0) is 66.1 Å². The normalized spacial score (nSPS) is 11.6. The second kappa shape index (κ2) is 10.5. The van der Waals surface area contributed by atoms with Crippen LogP contribution in [0.15, 0.2) is 117 Å². The van der Waals surface area contributed by atoms with Crippen LogP contribution in [0.4, 0.5) is 11.4 Å². The van der Waals surface area contributed by atoms with E-state index in [0.29, 0.717) is 6.42 Å². The second-order valence-corrected chi connectivity index (χ2v) is 12.1. The molecule has 4 rings (SSSR count). The fourth-order valence-corrected chi connectivity index (χ4v) is 6.20. The molecule has 194 valence electrons. The Hall–Kier alpha value is -4.42. The number of hydrogen-bond acceptors (Lipinski definition) is 8. The van der Waals surface area contributed by atoms with E-state index in [9.17, 15) is 31.9 Å². The third kappa shape index (κ3) is 5.45. The molecule has 0 N–H and O–H groups in total. The van der Waals surface area contributed by atoms with Gasteiger partial charge in [0.15, 0.2) is 7.11 Å². The zero-order valence-corrected chi connectivity index (χ0v) is 21.6. The van der Waals surface area contributed by atoms with E-state index in [2.05, 4.69) is 4.84 Å². The van der Waals surface area contributed by atoms with E-state index in [4.69, 9.17) is 0 Å². The number of non-ortho nitro benzene ring substituents is 1. The van der Waals surface area contributed by atoms with Crippen LogP contribution in [0, 0.1) is 15.0 Å². The predicted molar refractivity (Wildman–Crippen MR) is 136 cm³/mol. The van der Waals surface area contributed by atoms with Gasteiger partial charge in [-0.2, -0.15) is 0 Å². The second-order valence-electron chi connectivity index (χ2n) is 8.16. The molecule has 0 aliphatic rings. The summed E-state index contributed by atoms with van der Waals surface area (Å²) in [5, 5.41) is 10.8. The van der Waals surface area contributed by atoms with Gasteiger partial charge in [0.1, 0.15) is 0 Å². The molecule has 0 saturated carbocycles. The lowest BCUT2D eigenvalue weighted by molar-refractivity contribution is -0.736. The average Bonchev–Trinajstić information content (AvgIpc) is 2.93. The first-order valence-electron chi connectivity index (χ1n) is 11.1. The monoisotopic (exact) mass is 553 g/mol. The molecule has 0 spiro atoms. The number of hydrogen-bond donors (Lipinski definition) is 0. The minimum absolute atomic E-state index is 0.0309. The molecule has 0 saturated heterocycles. The first kappa shape index (κ1) is 26.6. The Labute approximate surface area is 218 Å². The van der Waals surface area contributed by atoms with Crippen LogP contribution in [0.5, 0.6) is 0 Å². The number of nitro groups is 1. The fraction of sp³-hybridized carbons (Fsp3) is 0.0769. The number of nitro benzene ring substituents is 1. The standard InChI is InChI=1S/C26H21N2O8S2/c1-36-28(31)22-8-16-26(17-9-22)38(34,35)24-12-4-20(5-13-24)18-19-2-10-23(11-3-19)37(32,33)25-14-6-21(7-15-25)27(29)30/h2-17H,18H2,1H3/q+1. The molecule has 0 heterocycles. The van der Waals surface area contributed by atoms with Crippen LogP contribution in [-0.4, -0.2) is 33.8 Å². The topological polar surface area (TPSA) is 141 Å². The van der Waals surface area contributed by atoms with Gasteiger partial charge in [-0.15, -0.1) is 0 Å². The minimum atomic E-state index is -3.84. The van der Waals surface area contributed by atoms with Crippen LogP contribution >= 0.6 is 0 Å². The first-order valence-corrected chi connectivity index (χ1v) is 14.0. The molecule has 0 bridgehead atoms. The summed E-state index contributed by atoms with van der Waals surface area (Å²) >= 11 is 0. The number of nitrogens with zero attached hydrogens (tertiary/aromatic N) is 2. The molecule has 12 heteroatoms. The van der Waals surface area contributed by atoms with E-state index in [1.54, 1.807) is 24.3 Å². The van der Waals surface area contributed by atoms with Gasteiger partial charge >= 0.3 is 5.69 Å². The summed E-state index contributed by atoms with van der Waals surface area (Å²) < 4.78 is 51.6. The summed E-state index contributed by atoms with van der Waals surface area (Å²) in [6.07, 6.45) is 0.434. The van der Waals surface area contributed by atoms with Gasteiger partial charge in [-0.1, -0.05) is 24.3 Å². The molecular formula is C26H21N2O8S2+. The smallest absolute Gasteiger partial charge is 0.258 e. The van der Waals surface area contributed by atoms with Crippen molar-refractivity contribution in [2.45, 2.75) is 26.0 Å². The lowest BCUT2D eigenvalue weighted by Gasteiger charge is -2.08. The molecule has 0 aliphatic carbocycles. The van der Waals surface area contributed by atoms with Crippen molar-refractivity contribution in [2.24, 2.45) is 0 Å². The first-order chi connectivity index (χ1) is 18.0. The lowest BCUT2D eigenvalue weighted by Crippen LogP contribution is -2.04. The van der Waals surface area contributed by atoms with Crippen molar-refractivity contribution in [3.05, 3.63) is 123 Å². The molecule has 0 fully saturated rings. The van der Waals surface area contributed by atoms with E-state index >= 15 is 0 Å². The van der Waals surface area contributed by atoms with E-state index < -0.39 is 24.6 Å². The third-order valence-corrected chi connectivity index (χ3v) is 9.33. The number of benzene rings is 4. The van der Waals surface area contributed by atoms with Crippen LogP contribution in [0.1, 0.15) is 11.1 Å². The number of rotatable bonds is 9. The Morgan fingerprint density at radius 1 is 0.579 bits per heavy atom. The molecule has 0 unspecified atom stereocenters. The maximum atomic E-state index is 12.9. The maximum absolute atomic E-state index is 12.9. The molecule has 38 heavy (non-hydrogen) atoms. The highest BCUT2D eigenvalue weighted by Gasteiger charge is 2.21. The van der Waals surface area contributed by atoms with Gasteiger partial charge in [0, 0.05) is 24.3 Å². The van der Waals surface area contributed by atoms with Gasteiger partial charge in [-0.25, -0.2) is 21.7 Å². The van der Waals surface area contributed by atoms with E-state index in [1.807, 2.05) is 0 Å². The molecule has 0 aliphatic heterocycles. The summed E-state index contributed by atoms with van der Waals surface area (Å²) in [6, 6.07) is 22.6. The summed E-state index contributed by atoms with van der Waals surface area (Å²) in [7, 11) is -6.44. The molecule has 10 nitrogen and oxygen atoms in total. The van der Waals surface area contributed by atoms with Crippen molar-refractivity contribution >= 4 is 31.0 Å². The van der Waals surface area contributed by atoms with Crippen LogP contribution in [-0.2, 0) is 30.9 Å². The zero-order chi connectivity index (χ0) is 27.5. The Morgan fingerprint density at radius 3 is 1.21 bits per heavy atom. The van der Waals surface area contributed by atoms with Crippen molar-refractivity contribution in [1.29, 1.82) is 0 Å². The van der Waals surface area contributed by atoms with Crippen molar-refractivity contribution in [1.82, 2.24) is 0 Å². The van der Waals surface area contributed by atoms with Crippen molar-refractivity contribution in [3.63, 3.8) is 0 Å². The largest absolute Gasteiger partial charge is 0.316 e. The van der Waals surface area contributed by atoms with Crippen molar-refractivity contribution < 1.29 is 31.5 Å². The summed E-state index contributed by atoms with van der Waals surface area (Å²) in [5.74, 6) is 0. The van der Waals surface area contributed by atoms with Gasteiger partial charge in [0.25, 0.3) is 10.6 Å². The Kier molecular flexibility index (Phi) is 7.37. The van der Waals surface area contributed by atoms with Crippen molar-refractivity contribution in [3.8, 4) is 0 Å². The van der Waals surface area contributed by atoms with Crippen LogP contribution in [0.25, 0.3) is 0 Å². The molecule has 0 aromatic heterocycles. The fourth-order valence-electron chi connectivity index (χ4n) is 3.68. The molecule has 0 amide bonds. The summed E-state index contributed by atoms with van der Waals surface area (Å²) in [4.78, 5) is 26.6. The highest BCUT2D eigenvalue weighted by molar-refractivity contribution is 7.91. The quantitative estimate of drug-likeness (QED) is 0.212. The third-order valence-electron chi connectivity index (χ3n) is 5.76. The minimum Gasteiger partial charge on any atom is -0.258 e. The highest BCUT2D eigenvalue weighted by Crippen LogP contribution is 2.26. The highest BCUT2D eigenvalue weighted by atomic mass is 32.2. The van der Waals surface area contributed by atoms with E-state index in [-0.39, 0.29) is 35.9 Å². The Morgan fingerprint density at radius 2 is 0.895 bits per heavy atom. The van der Waals surface area contributed by atoms with Crippen LogP contribution < -0.4 is 0 Å². The SMILES string of the molecule is CO[N+](=O)c1ccc(S(=O)(=O)c2ccc(Cc3ccc(S(=O)(=O)c4ccc([N+](=O)[O-])cc4)cc3)cc2)cc1. The zero-order valence-electron chi connectivity index (χ0n) is 19.9. The molecule has 4 aromatic carbocycles. The van der Waals surface area contributed by atoms with Gasteiger partial charge < -0.3 is 0 Å². The summed E-state index contributed by atoms with van der Waals surface area (Å²) in [6.45, 7) is 0. The molecular weight excluding hydrogens is 532 g/mol. The van der Waals surface area contributed by atoms with Crippen LogP contribution in [0.2, 0.25) is 0 Å². The Balaban J connectivity index is 1.48. The Bertz CT molecular complexity index is 1700. The van der Waals surface area contributed by atoms with Gasteiger partial charge in [-0.3, -0.25) is 10.1 Å². The molecule has 0 atom stereocenters. The van der Waals surface area contributed by atoms with E-state index in [0.717, 1.165) is 23.3 Å². The van der Waals surface area contributed by atoms with Gasteiger partial charge in [0.2, 0.25) is 19.7 Å². The summed E-state index contributed by atoms with van der Waals surface area (Å²) in [5.41, 5.74) is 1.58. The molecule has 0 radical (unpaired) electrons. The van der Waals surface area contributed by atoms with Crippen LogP contribution in [0.3, 0.4) is 0 Å². The average molecular weight is 554 g/mol. The molecule has 4 aromatic rings. The maximum Gasteiger partial charge on any atom is 0.316 e. The van der Waals surface area contributed by atoms with E-state index in [1.165, 1.54) is 67.8 Å². The van der Waals surface area contributed by atoms with Gasteiger partial charge in [0.05, 0.1) is 29.4 Å². The predicted octanol–water partition coefficient (Wildman–Crippen LogP) is 4.82. The number of sulfone groups is 2. The lowest BCUT2D eigenvalue weighted by atomic mass is 10.1.